The van der Waals surface area contributed by atoms with Crippen molar-refractivity contribution in [3.8, 4) is 5.75 Å². The fraction of sp³-hybridized carbons (Fsp3) is 0.357. The molecule has 1 unspecified atom stereocenters. The first-order chi connectivity index (χ1) is 9.17. The van der Waals surface area contributed by atoms with E-state index in [-0.39, 0.29) is 18.6 Å². The van der Waals surface area contributed by atoms with Gasteiger partial charge >= 0.3 is 0 Å². The molecule has 1 amide bonds. The van der Waals surface area contributed by atoms with Crippen LogP contribution in [0.25, 0.3) is 0 Å². The van der Waals surface area contributed by atoms with Crippen LogP contribution >= 0.6 is 0 Å². The molecular formula is C14H18N2O3. The van der Waals surface area contributed by atoms with Gasteiger partial charge in [-0.2, -0.15) is 0 Å². The average Bonchev–Trinajstić information content (AvgIpc) is 2.42. The molecule has 0 spiro atoms. The number of rotatable bonds is 5. The molecule has 0 saturated carbocycles. The largest absolute Gasteiger partial charge is 0.482 e. The molecule has 0 saturated heterocycles. The number of fused-ring (bicyclic) bond motifs is 1. The van der Waals surface area contributed by atoms with Gasteiger partial charge in [-0.15, -0.1) is 6.58 Å². The summed E-state index contributed by atoms with van der Waals surface area (Å²) < 4.78 is 10.5. The predicted octanol–water partition coefficient (Wildman–Crippen LogP) is 1.24. The quantitative estimate of drug-likeness (QED) is 0.811. The van der Waals surface area contributed by atoms with Gasteiger partial charge in [0, 0.05) is 13.7 Å². The molecule has 2 N–H and O–H groups in total. The van der Waals surface area contributed by atoms with Gasteiger partial charge < -0.3 is 20.1 Å². The third-order valence-electron chi connectivity index (χ3n) is 3.01. The third-order valence-corrected chi connectivity index (χ3v) is 3.01. The van der Waals surface area contributed by atoms with Crippen molar-refractivity contribution in [3.63, 3.8) is 0 Å². The van der Waals surface area contributed by atoms with E-state index in [0.29, 0.717) is 18.9 Å². The van der Waals surface area contributed by atoms with Crippen LogP contribution in [0.4, 0.5) is 5.69 Å². The smallest absolute Gasteiger partial charge is 0.265 e. The van der Waals surface area contributed by atoms with Crippen LogP contribution in [-0.2, 0) is 9.53 Å². The summed E-state index contributed by atoms with van der Waals surface area (Å²) in [5.41, 5.74) is 7.65. The fourth-order valence-electron chi connectivity index (χ4n) is 2.05. The zero-order valence-electron chi connectivity index (χ0n) is 11.0. The zero-order chi connectivity index (χ0) is 13.8. The Morgan fingerprint density at radius 1 is 1.63 bits per heavy atom. The summed E-state index contributed by atoms with van der Waals surface area (Å²) in [7, 11) is 1.61. The van der Waals surface area contributed by atoms with E-state index in [1.54, 1.807) is 18.1 Å². The monoisotopic (exact) mass is 262 g/mol. The van der Waals surface area contributed by atoms with Crippen LogP contribution in [0.3, 0.4) is 0 Å². The maximum Gasteiger partial charge on any atom is 0.265 e. The van der Waals surface area contributed by atoms with Crippen LogP contribution in [0.2, 0.25) is 0 Å². The van der Waals surface area contributed by atoms with Crippen molar-refractivity contribution in [2.45, 2.75) is 6.04 Å². The summed E-state index contributed by atoms with van der Waals surface area (Å²) in [4.78, 5) is 13.5. The fourth-order valence-corrected chi connectivity index (χ4v) is 2.05. The van der Waals surface area contributed by atoms with E-state index in [1.165, 1.54) is 0 Å². The molecule has 19 heavy (non-hydrogen) atoms. The number of amides is 1. The number of ether oxygens (including phenoxy) is 2. The number of carbonyl (C=O) groups excluding carboxylic acids is 1. The highest BCUT2D eigenvalue weighted by Crippen LogP contribution is 2.34. The number of anilines is 1. The van der Waals surface area contributed by atoms with E-state index in [9.17, 15) is 4.79 Å². The van der Waals surface area contributed by atoms with Crippen molar-refractivity contribution in [2.24, 2.45) is 5.73 Å². The lowest BCUT2D eigenvalue weighted by Crippen LogP contribution is -2.39. The molecule has 5 nitrogen and oxygen atoms in total. The van der Waals surface area contributed by atoms with Crippen LogP contribution in [0.15, 0.2) is 30.9 Å². The first-order valence-corrected chi connectivity index (χ1v) is 6.10. The average molecular weight is 262 g/mol. The molecule has 1 atom stereocenters. The normalized spacial score (nSPS) is 15.7. The summed E-state index contributed by atoms with van der Waals surface area (Å²) in [6.45, 7) is 4.61. The molecule has 1 aromatic rings. The SMILES string of the molecule is C=CCN1C(=O)COc2ccc(C(N)COC)cc21. The summed E-state index contributed by atoms with van der Waals surface area (Å²) >= 11 is 0. The summed E-state index contributed by atoms with van der Waals surface area (Å²) in [6, 6.07) is 5.38. The highest BCUT2D eigenvalue weighted by molar-refractivity contribution is 5.98. The molecule has 5 heteroatoms. The first kappa shape index (κ1) is 13.6. The molecule has 1 aliphatic rings. The first-order valence-electron chi connectivity index (χ1n) is 6.10. The maximum atomic E-state index is 11.9. The lowest BCUT2D eigenvalue weighted by Gasteiger charge is -2.29. The molecule has 1 heterocycles. The van der Waals surface area contributed by atoms with Gasteiger partial charge in [-0.25, -0.2) is 0 Å². The number of benzene rings is 1. The van der Waals surface area contributed by atoms with E-state index >= 15 is 0 Å². The van der Waals surface area contributed by atoms with Crippen LogP contribution in [0, 0.1) is 0 Å². The standard InChI is InChI=1S/C14H18N2O3/c1-3-6-16-12-7-10(11(15)8-18-2)4-5-13(12)19-9-14(16)17/h3-5,7,11H,1,6,8-9,15H2,2H3. The minimum absolute atomic E-state index is 0.0598. The number of hydrogen-bond acceptors (Lipinski definition) is 4. The van der Waals surface area contributed by atoms with Crippen LogP contribution in [0.5, 0.6) is 5.75 Å². The van der Waals surface area contributed by atoms with Crippen LogP contribution in [0.1, 0.15) is 11.6 Å². The van der Waals surface area contributed by atoms with Crippen molar-refractivity contribution in [1.82, 2.24) is 0 Å². The van der Waals surface area contributed by atoms with E-state index in [4.69, 9.17) is 15.2 Å². The van der Waals surface area contributed by atoms with Gasteiger partial charge in [-0.1, -0.05) is 12.1 Å². The molecule has 0 radical (unpaired) electrons. The van der Waals surface area contributed by atoms with Crippen molar-refractivity contribution >= 4 is 11.6 Å². The molecule has 0 aromatic heterocycles. The zero-order valence-corrected chi connectivity index (χ0v) is 11.0. The molecule has 1 aromatic carbocycles. The van der Waals surface area contributed by atoms with Crippen molar-refractivity contribution < 1.29 is 14.3 Å². The second kappa shape index (κ2) is 5.86. The lowest BCUT2D eigenvalue weighted by molar-refractivity contribution is -0.121. The number of nitrogens with two attached hydrogens (primary N) is 1. The van der Waals surface area contributed by atoms with Gasteiger partial charge in [0.05, 0.1) is 18.3 Å². The minimum Gasteiger partial charge on any atom is -0.482 e. The number of methoxy groups -OCH3 is 1. The van der Waals surface area contributed by atoms with Gasteiger partial charge in [0.15, 0.2) is 6.61 Å². The van der Waals surface area contributed by atoms with Crippen molar-refractivity contribution in [3.05, 3.63) is 36.4 Å². The Morgan fingerprint density at radius 3 is 3.11 bits per heavy atom. The highest BCUT2D eigenvalue weighted by atomic mass is 16.5. The van der Waals surface area contributed by atoms with Crippen LogP contribution in [-0.4, -0.2) is 32.8 Å². The second-order valence-electron chi connectivity index (χ2n) is 4.37. The molecule has 102 valence electrons. The highest BCUT2D eigenvalue weighted by Gasteiger charge is 2.25. The Balaban J connectivity index is 2.35. The molecule has 0 bridgehead atoms. The van der Waals surface area contributed by atoms with E-state index in [0.717, 1.165) is 11.3 Å². The Hall–Kier alpha value is -1.85. The molecular weight excluding hydrogens is 244 g/mol. The van der Waals surface area contributed by atoms with E-state index in [1.807, 2.05) is 18.2 Å². The Bertz CT molecular complexity index is 488. The van der Waals surface area contributed by atoms with Gasteiger partial charge in [0.25, 0.3) is 5.91 Å². The molecule has 0 fully saturated rings. The maximum absolute atomic E-state index is 11.9. The van der Waals surface area contributed by atoms with E-state index in [2.05, 4.69) is 6.58 Å². The van der Waals surface area contributed by atoms with Crippen molar-refractivity contribution in [1.29, 1.82) is 0 Å². The van der Waals surface area contributed by atoms with Gasteiger partial charge in [0.2, 0.25) is 0 Å². The Kier molecular flexibility index (Phi) is 4.19. The topological polar surface area (TPSA) is 64.8 Å². The van der Waals surface area contributed by atoms with Crippen LogP contribution < -0.4 is 15.4 Å². The molecule has 2 rings (SSSR count). The molecule has 0 aliphatic carbocycles. The van der Waals surface area contributed by atoms with Gasteiger partial charge in [-0.3, -0.25) is 4.79 Å². The number of nitrogens with zero attached hydrogens (tertiary/aromatic N) is 1. The summed E-state index contributed by atoms with van der Waals surface area (Å²) in [5, 5.41) is 0. The van der Waals surface area contributed by atoms with Crippen molar-refractivity contribution in [2.75, 3.05) is 31.8 Å². The minimum atomic E-state index is -0.224. The third kappa shape index (κ3) is 2.77. The Labute approximate surface area is 112 Å². The number of carbonyl (C=O) groups is 1. The van der Waals surface area contributed by atoms with Gasteiger partial charge in [0.1, 0.15) is 5.75 Å². The van der Waals surface area contributed by atoms with E-state index < -0.39 is 0 Å². The lowest BCUT2D eigenvalue weighted by atomic mass is 10.1. The number of hydrogen-bond donors (Lipinski definition) is 1. The van der Waals surface area contributed by atoms with Gasteiger partial charge in [-0.05, 0) is 17.7 Å². The molecule has 1 aliphatic heterocycles. The second-order valence-corrected chi connectivity index (χ2v) is 4.37. The summed E-state index contributed by atoms with van der Waals surface area (Å²) in [6.07, 6.45) is 1.69. The predicted molar refractivity (Wildman–Crippen MR) is 73.3 cm³/mol. The Morgan fingerprint density at radius 2 is 2.42 bits per heavy atom. The summed E-state index contributed by atoms with van der Waals surface area (Å²) in [5.74, 6) is 0.611.